The number of rotatable bonds is 64. The SMILES string of the molecule is CC[C@H](C)[C@H](NC(=O)[C@H](CCCCN)NC(=O)[C@H](CCCCN)NC(=O)[C@H](Cc1c[nH]c2ccccc12)NC(=O)[C@H](CC(N)=O)NC(=O)[C@@H](N)C(C)C)C(=O)N[C@@H](CC(C)C)C(=O)NCC(=O)N[C@@H](CCCCN)C(=O)N[C@H](C(=O)N[C@H](C(=O)N[C@@H](CCCCN)C(=O)N[C@H](C(=O)N[C@H](C(=O)N[C@@H](CCCCN)C(N)=O)C(C)C)C(C)C)[C@@H](C)CC)[C@@H](C)CC. The Morgan fingerprint density at radius 1 is 0.344 bits per heavy atom. The number of carbonyl (C=O) groups excluding carboxylic acids is 16. The molecular weight excluding hydrogens is 1610 g/mol. The van der Waals surface area contributed by atoms with E-state index in [2.05, 4.69) is 79.4 Å². The summed E-state index contributed by atoms with van der Waals surface area (Å²) in [5, 5.41) is 38.8. The fourth-order valence-corrected chi connectivity index (χ4v) is 13.8. The first-order valence-corrected chi connectivity index (χ1v) is 44.7. The highest BCUT2D eigenvalue weighted by molar-refractivity contribution is 6.01. The van der Waals surface area contributed by atoms with E-state index in [9.17, 15) is 76.7 Å². The number of para-hydroxylation sites is 1. The van der Waals surface area contributed by atoms with Crippen molar-refractivity contribution in [3.8, 4) is 0 Å². The van der Waals surface area contributed by atoms with Crippen LogP contribution in [0.1, 0.15) is 231 Å². The molecule has 31 N–H and O–H groups in total. The molecule has 0 bridgehead atoms. The van der Waals surface area contributed by atoms with Gasteiger partial charge in [-0.3, -0.25) is 76.7 Å². The van der Waals surface area contributed by atoms with Crippen LogP contribution in [-0.4, -0.2) is 223 Å². The van der Waals surface area contributed by atoms with Gasteiger partial charge in [0.1, 0.15) is 78.5 Å². The van der Waals surface area contributed by atoms with Gasteiger partial charge in [0.2, 0.25) is 94.5 Å². The van der Waals surface area contributed by atoms with Gasteiger partial charge in [0.05, 0.1) is 19.0 Å². The third kappa shape index (κ3) is 39.6. The molecule has 0 aliphatic carbocycles. The minimum Gasteiger partial charge on any atom is -0.370 e. The van der Waals surface area contributed by atoms with Crippen molar-refractivity contribution in [3.63, 3.8) is 0 Å². The van der Waals surface area contributed by atoms with Gasteiger partial charge in [-0.05, 0) is 189 Å². The highest BCUT2D eigenvalue weighted by Gasteiger charge is 2.41. The second-order valence-electron chi connectivity index (χ2n) is 34.3. The number of primary amides is 2. The third-order valence-electron chi connectivity index (χ3n) is 22.4. The number of benzene rings is 1. The van der Waals surface area contributed by atoms with E-state index in [1.165, 1.54) is 0 Å². The molecule has 125 heavy (non-hydrogen) atoms. The monoisotopic (exact) mass is 1760 g/mol. The maximum absolute atomic E-state index is 14.8. The lowest BCUT2D eigenvalue weighted by Gasteiger charge is -2.31. The van der Waals surface area contributed by atoms with E-state index in [-0.39, 0.29) is 83.0 Å². The van der Waals surface area contributed by atoms with Crippen LogP contribution >= 0.6 is 0 Å². The zero-order chi connectivity index (χ0) is 94.3. The van der Waals surface area contributed by atoms with E-state index in [0.29, 0.717) is 106 Å². The highest BCUT2D eigenvalue weighted by atomic mass is 16.2. The van der Waals surface area contributed by atoms with Gasteiger partial charge in [0.15, 0.2) is 0 Å². The summed E-state index contributed by atoms with van der Waals surface area (Å²) in [5.41, 5.74) is 47.7. The summed E-state index contributed by atoms with van der Waals surface area (Å²) in [6.07, 6.45) is 6.33. The van der Waals surface area contributed by atoms with Gasteiger partial charge in [-0.15, -0.1) is 0 Å². The minimum atomic E-state index is -1.56. The van der Waals surface area contributed by atoms with Crippen LogP contribution in [0.3, 0.4) is 0 Å². The molecule has 0 unspecified atom stereocenters. The number of unbranched alkanes of at least 4 members (excludes halogenated alkanes) is 5. The van der Waals surface area contributed by atoms with Crippen LogP contribution in [0.2, 0.25) is 0 Å². The third-order valence-corrected chi connectivity index (χ3v) is 22.4. The number of aromatic nitrogens is 1. The van der Waals surface area contributed by atoms with Gasteiger partial charge in [-0.2, -0.15) is 0 Å². The minimum absolute atomic E-state index is 0.00484. The summed E-state index contributed by atoms with van der Waals surface area (Å²) >= 11 is 0. The van der Waals surface area contributed by atoms with Crippen molar-refractivity contribution in [2.45, 2.75) is 316 Å². The summed E-state index contributed by atoms with van der Waals surface area (Å²) in [6, 6.07) is -10.8. The molecule has 1 aromatic carbocycles. The Hall–Kier alpha value is -9.96. The molecule has 0 aliphatic heterocycles. The Labute approximate surface area is 737 Å². The summed E-state index contributed by atoms with van der Waals surface area (Å²) < 4.78 is 0. The largest absolute Gasteiger partial charge is 0.370 e. The van der Waals surface area contributed by atoms with Gasteiger partial charge < -0.3 is 125 Å². The molecule has 0 saturated heterocycles. The topological polar surface area (TPSA) is 665 Å². The summed E-state index contributed by atoms with van der Waals surface area (Å²) in [5.74, 6) is -16.1. The van der Waals surface area contributed by atoms with E-state index in [4.69, 9.17) is 45.9 Å². The standard InChI is InChI=1S/C86H153N23O16/c1-15-51(12)70(107-78(117)60(35-23-28-40-90)99-75(114)59(34-22-27-39-89)100-79(118)63(43-54-45-95-56-31-19-18-30-55(54)56)102-80(119)64(44-65(92)110)103-81(120)67(93)48(6)7)85(124)104-62(42-47(4)5)74(113)96-46-66(111)97-58(33-21-26-38-88)76(115)108-72(53(14)17-3)86(125)109-71(52(13)16-2)84(123)101-61(36-24-29-41-91)77(116)105-69(50(10)11)83(122)106-68(49(8)9)82(121)98-57(73(94)112)32-20-25-37-87/h18-19,30-31,45,47-53,57-64,67-72,95H,15-17,20-29,32-44,46,87-91,93H2,1-14H3,(H2,92,110)(H2,94,112)(H,96,113)(H,97,111)(H,98,121)(H,99,114)(H,100,118)(H,101,123)(H,102,119)(H,103,120)(H,104,124)(H,105,116)(H,106,122)(H,107,117)(H,108,115)(H,109,125)/t51-,52-,53-,57-,58-,59-,60-,61-,62-,63-,64-,67-,68-,69-,70-,71-,72-/m0/s1. The molecule has 0 fully saturated rings. The molecule has 17 atom stereocenters. The summed E-state index contributed by atoms with van der Waals surface area (Å²) in [4.78, 5) is 229. The van der Waals surface area contributed by atoms with Crippen LogP contribution in [0.4, 0.5) is 0 Å². The summed E-state index contributed by atoms with van der Waals surface area (Å²) in [6.45, 7) is 24.8. The highest BCUT2D eigenvalue weighted by Crippen LogP contribution is 2.22. The average Bonchev–Trinajstić information content (AvgIpc) is 1.74. The first kappa shape index (κ1) is 111. The van der Waals surface area contributed by atoms with Crippen molar-refractivity contribution in [3.05, 3.63) is 36.0 Å². The number of nitrogens with one attached hydrogen (secondary N) is 15. The molecule has 39 nitrogen and oxygen atoms in total. The van der Waals surface area contributed by atoms with E-state index in [0.717, 1.165) is 0 Å². The molecule has 0 aliphatic rings. The maximum Gasteiger partial charge on any atom is 0.243 e. The van der Waals surface area contributed by atoms with Crippen molar-refractivity contribution in [2.75, 3.05) is 39.3 Å². The Morgan fingerprint density at radius 2 is 0.664 bits per heavy atom. The Bertz CT molecular complexity index is 3770. The number of amides is 16. The van der Waals surface area contributed by atoms with E-state index >= 15 is 0 Å². The first-order chi connectivity index (χ1) is 59.1. The number of aromatic amines is 1. The second kappa shape index (κ2) is 59.1. The number of hydrogen-bond donors (Lipinski definition) is 23. The fraction of sp³-hybridized carbons (Fsp3) is 0.721. The average molecular weight is 1770 g/mol. The molecule has 2 rings (SSSR count). The van der Waals surface area contributed by atoms with Crippen LogP contribution in [0, 0.1) is 41.4 Å². The van der Waals surface area contributed by atoms with Crippen molar-refractivity contribution < 1.29 is 76.7 Å². The van der Waals surface area contributed by atoms with E-state index < -0.39 is 222 Å². The fourth-order valence-electron chi connectivity index (χ4n) is 13.8. The Kier molecular flexibility index (Phi) is 52.5. The molecule has 708 valence electrons. The predicted molar refractivity (Wildman–Crippen MR) is 478 cm³/mol. The van der Waals surface area contributed by atoms with Gasteiger partial charge in [-0.25, -0.2) is 0 Å². The van der Waals surface area contributed by atoms with Gasteiger partial charge in [0.25, 0.3) is 0 Å². The van der Waals surface area contributed by atoms with Gasteiger partial charge >= 0.3 is 0 Å². The van der Waals surface area contributed by atoms with Gasteiger partial charge in [-0.1, -0.05) is 134 Å². The molecule has 39 heteroatoms. The van der Waals surface area contributed by atoms with Crippen LogP contribution in [-0.2, 0) is 83.1 Å². The summed E-state index contributed by atoms with van der Waals surface area (Å²) in [7, 11) is 0. The normalized spacial score (nSPS) is 15.6. The molecular formula is C86H153N23O16. The second-order valence-corrected chi connectivity index (χ2v) is 34.3. The first-order valence-electron chi connectivity index (χ1n) is 44.7. The molecule has 0 spiro atoms. The molecule has 0 radical (unpaired) electrons. The lowest BCUT2D eigenvalue weighted by molar-refractivity contribution is -0.137. The van der Waals surface area contributed by atoms with Crippen LogP contribution in [0.5, 0.6) is 0 Å². The number of fused-ring (bicyclic) bond motifs is 1. The molecule has 0 saturated carbocycles. The quantitative estimate of drug-likeness (QED) is 0.0339. The van der Waals surface area contributed by atoms with Crippen molar-refractivity contribution >= 4 is 105 Å². The lowest BCUT2D eigenvalue weighted by atomic mass is 9.94. The molecule has 16 amide bonds. The Morgan fingerprint density at radius 3 is 1.06 bits per heavy atom. The number of nitrogens with two attached hydrogens (primary N) is 8. The van der Waals surface area contributed by atoms with Crippen molar-refractivity contribution in [1.82, 2.24) is 79.4 Å². The van der Waals surface area contributed by atoms with Crippen LogP contribution < -0.4 is 120 Å². The van der Waals surface area contributed by atoms with Crippen molar-refractivity contribution in [1.29, 1.82) is 0 Å². The van der Waals surface area contributed by atoms with Crippen LogP contribution in [0.25, 0.3) is 10.9 Å². The van der Waals surface area contributed by atoms with E-state index in [1.54, 1.807) is 121 Å². The predicted octanol–water partition coefficient (Wildman–Crippen LogP) is -1.39. The number of hydrogen-bond acceptors (Lipinski definition) is 22. The van der Waals surface area contributed by atoms with Gasteiger partial charge in [0, 0.05) is 23.5 Å². The number of carbonyl (C=O) groups is 16. The molecule has 1 aromatic heterocycles. The number of H-pyrrole nitrogens is 1. The maximum atomic E-state index is 14.8. The lowest BCUT2D eigenvalue weighted by Crippen LogP contribution is -2.62. The van der Waals surface area contributed by atoms with Crippen molar-refractivity contribution in [2.24, 2.45) is 87.3 Å². The molecule has 1 heterocycles. The zero-order valence-corrected chi connectivity index (χ0v) is 76.3. The molecule has 2 aromatic rings. The smallest absolute Gasteiger partial charge is 0.243 e. The zero-order valence-electron chi connectivity index (χ0n) is 76.3. The van der Waals surface area contributed by atoms with E-state index in [1.807, 2.05) is 6.07 Å². The van der Waals surface area contributed by atoms with Crippen LogP contribution in [0.15, 0.2) is 30.5 Å². The Balaban J connectivity index is 2.49.